The Kier molecular flexibility index (Phi) is 4.15. The number of methoxy groups -OCH3 is 1. The first-order valence-electron chi connectivity index (χ1n) is 6.88. The van der Waals surface area contributed by atoms with E-state index < -0.39 is 0 Å². The lowest BCUT2D eigenvalue weighted by Gasteiger charge is -2.11. The minimum absolute atomic E-state index is 0.638. The number of benzene rings is 1. The Hall–Kier alpha value is -1.48. The van der Waals surface area contributed by atoms with Crippen LogP contribution in [0.2, 0.25) is 0 Å². The van der Waals surface area contributed by atoms with Gasteiger partial charge in [-0.1, -0.05) is 13.8 Å². The van der Waals surface area contributed by atoms with Gasteiger partial charge in [-0.3, -0.25) is 0 Å². The van der Waals surface area contributed by atoms with E-state index in [0.29, 0.717) is 5.92 Å². The maximum atomic E-state index is 5.36. The molecule has 0 aliphatic rings. The Morgan fingerprint density at radius 3 is 2.63 bits per heavy atom. The number of nitrogens with zero attached hydrogens (tertiary/aromatic N) is 1. The summed E-state index contributed by atoms with van der Waals surface area (Å²) in [6.07, 6.45) is 0. The lowest BCUT2D eigenvalue weighted by Crippen LogP contribution is -2.09. The van der Waals surface area contributed by atoms with Crippen molar-refractivity contribution in [3.8, 4) is 5.75 Å². The maximum Gasteiger partial charge on any atom is 0.119 e. The predicted octanol–water partition coefficient (Wildman–Crippen LogP) is 3.33. The van der Waals surface area contributed by atoms with E-state index in [4.69, 9.17) is 4.74 Å². The second-order valence-electron chi connectivity index (χ2n) is 5.48. The van der Waals surface area contributed by atoms with Gasteiger partial charge in [0.1, 0.15) is 5.75 Å². The number of hydrogen-bond acceptors (Lipinski definition) is 2. The molecule has 104 valence electrons. The molecule has 0 amide bonds. The largest absolute Gasteiger partial charge is 0.497 e. The van der Waals surface area contributed by atoms with Crippen LogP contribution in [-0.4, -0.2) is 18.7 Å². The zero-order valence-corrected chi connectivity index (χ0v) is 12.6. The molecule has 2 rings (SSSR count). The van der Waals surface area contributed by atoms with Crippen LogP contribution >= 0.6 is 0 Å². The number of nitrogens with one attached hydrogen (secondary N) is 1. The van der Waals surface area contributed by atoms with E-state index in [0.717, 1.165) is 18.8 Å². The summed E-state index contributed by atoms with van der Waals surface area (Å²) in [6.45, 7) is 8.67. The summed E-state index contributed by atoms with van der Waals surface area (Å²) in [6, 6.07) is 6.36. The van der Waals surface area contributed by atoms with Crippen molar-refractivity contribution in [3.63, 3.8) is 0 Å². The Balaban J connectivity index is 2.64. The van der Waals surface area contributed by atoms with E-state index in [-0.39, 0.29) is 0 Å². The number of aromatic nitrogens is 1. The van der Waals surface area contributed by atoms with Crippen molar-refractivity contribution in [2.75, 3.05) is 14.2 Å². The third-order valence-electron chi connectivity index (χ3n) is 3.56. The molecule has 3 heteroatoms. The second-order valence-corrected chi connectivity index (χ2v) is 5.48. The van der Waals surface area contributed by atoms with Crippen LogP contribution in [0.5, 0.6) is 5.75 Å². The van der Waals surface area contributed by atoms with E-state index in [2.05, 4.69) is 42.8 Å². The molecule has 3 nitrogen and oxygen atoms in total. The molecule has 1 aromatic heterocycles. The molecule has 0 fully saturated rings. The molecule has 0 saturated carbocycles. The van der Waals surface area contributed by atoms with Crippen LogP contribution in [0.1, 0.15) is 25.1 Å². The second kappa shape index (κ2) is 5.66. The van der Waals surface area contributed by atoms with Crippen LogP contribution in [-0.2, 0) is 13.1 Å². The van der Waals surface area contributed by atoms with Crippen molar-refractivity contribution < 1.29 is 4.74 Å². The normalized spacial score (nSPS) is 11.5. The third kappa shape index (κ3) is 2.61. The monoisotopic (exact) mass is 260 g/mol. The standard InChI is InChI=1S/C16H24N2O/c1-11(2)10-18-12(3)15(9-17-4)14-8-13(19-5)6-7-16(14)18/h6-8,11,17H,9-10H2,1-5H3. The molecular weight excluding hydrogens is 236 g/mol. The van der Waals surface area contributed by atoms with Crippen LogP contribution in [0, 0.1) is 12.8 Å². The van der Waals surface area contributed by atoms with E-state index in [9.17, 15) is 0 Å². The molecule has 0 atom stereocenters. The van der Waals surface area contributed by atoms with Gasteiger partial charge in [0.25, 0.3) is 0 Å². The molecule has 0 saturated heterocycles. The Labute approximate surface area is 115 Å². The summed E-state index contributed by atoms with van der Waals surface area (Å²) in [5.74, 6) is 1.56. The summed E-state index contributed by atoms with van der Waals surface area (Å²) in [5, 5.41) is 4.56. The first-order chi connectivity index (χ1) is 9.08. The summed E-state index contributed by atoms with van der Waals surface area (Å²) < 4.78 is 7.78. The highest BCUT2D eigenvalue weighted by atomic mass is 16.5. The Morgan fingerprint density at radius 1 is 1.32 bits per heavy atom. The molecule has 0 spiro atoms. The van der Waals surface area contributed by atoms with Crippen molar-refractivity contribution >= 4 is 10.9 Å². The van der Waals surface area contributed by atoms with Gasteiger partial charge in [0.05, 0.1) is 7.11 Å². The summed E-state index contributed by atoms with van der Waals surface area (Å²) in [7, 11) is 3.71. The van der Waals surface area contributed by atoms with Crippen LogP contribution in [0.15, 0.2) is 18.2 Å². The molecule has 19 heavy (non-hydrogen) atoms. The highest BCUT2D eigenvalue weighted by Crippen LogP contribution is 2.30. The smallest absolute Gasteiger partial charge is 0.119 e. The van der Waals surface area contributed by atoms with Crippen molar-refractivity contribution in [1.29, 1.82) is 0 Å². The Bertz CT molecular complexity index is 570. The van der Waals surface area contributed by atoms with Gasteiger partial charge in [-0.05, 0) is 43.7 Å². The van der Waals surface area contributed by atoms with Crippen molar-refractivity contribution in [1.82, 2.24) is 9.88 Å². The lowest BCUT2D eigenvalue weighted by molar-refractivity contribution is 0.415. The molecule has 0 bridgehead atoms. The third-order valence-corrected chi connectivity index (χ3v) is 3.56. The minimum Gasteiger partial charge on any atom is -0.497 e. The van der Waals surface area contributed by atoms with Gasteiger partial charge in [-0.25, -0.2) is 0 Å². The molecule has 1 N–H and O–H groups in total. The fraction of sp³-hybridized carbons (Fsp3) is 0.500. The van der Waals surface area contributed by atoms with E-state index >= 15 is 0 Å². The van der Waals surface area contributed by atoms with E-state index in [1.165, 1.54) is 22.2 Å². The number of ether oxygens (including phenoxy) is 1. The predicted molar refractivity (Wildman–Crippen MR) is 80.8 cm³/mol. The van der Waals surface area contributed by atoms with Crippen LogP contribution in [0.3, 0.4) is 0 Å². The van der Waals surface area contributed by atoms with Gasteiger partial charge in [0, 0.05) is 29.7 Å². The molecule has 0 aliphatic carbocycles. The first-order valence-corrected chi connectivity index (χ1v) is 6.88. The summed E-state index contributed by atoms with van der Waals surface area (Å²) in [4.78, 5) is 0. The van der Waals surface area contributed by atoms with Crippen molar-refractivity contribution in [3.05, 3.63) is 29.5 Å². The topological polar surface area (TPSA) is 26.2 Å². The van der Waals surface area contributed by atoms with Gasteiger partial charge < -0.3 is 14.6 Å². The molecule has 0 aliphatic heterocycles. The lowest BCUT2D eigenvalue weighted by atomic mass is 10.1. The van der Waals surface area contributed by atoms with E-state index in [1.807, 2.05) is 13.1 Å². The van der Waals surface area contributed by atoms with Crippen molar-refractivity contribution in [2.45, 2.75) is 33.9 Å². The molecular formula is C16H24N2O. The average molecular weight is 260 g/mol. The summed E-state index contributed by atoms with van der Waals surface area (Å²) in [5.41, 5.74) is 4.03. The molecule has 0 radical (unpaired) electrons. The maximum absolute atomic E-state index is 5.36. The van der Waals surface area contributed by atoms with Crippen molar-refractivity contribution in [2.24, 2.45) is 5.92 Å². The van der Waals surface area contributed by atoms with E-state index in [1.54, 1.807) is 7.11 Å². The fourth-order valence-electron chi connectivity index (χ4n) is 2.66. The van der Waals surface area contributed by atoms with Gasteiger partial charge in [-0.2, -0.15) is 0 Å². The number of hydrogen-bond donors (Lipinski definition) is 1. The number of fused-ring (bicyclic) bond motifs is 1. The minimum atomic E-state index is 0.638. The zero-order valence-electron chi connectivity index (χ0n) is 12.6. The SMILES string of the molecule is CNCc1c(C)n(CC(C)C)c2ccc(OC)cc12. The van der Waals surface area contributed by atoms with Crippen LogP contribution < -0.4 is 10.1 Å². The fourth-order valence-corrected chi connectivity index (χ4v) is 2.66. The van der Waals surface area contributed by atoms with Gasteiger partial charge in [0.15, 0.2) is 0 Å². The van der Waals surface area contributed by atoms with Gasteiger partial charge in [0.2, 0.25) is 0 Å². The Morgan fingerprint density at radius 2 is 2.05 bits per heavy atom. The number of rotatable bonds is 5. The van der Waals surface area contributed by atoms with Gasteiger partial charge >= 0.3 is 0 Å². The highest BCUT2D eigenvalue weighted by Gasteiger charge is 2.14. The molecule has 1 heterocycles. The zero-order chi connectivity index (χ0) is 14.0. The summed E-state index contributed by atoms with van der Waals surface area (Å²) >= 11 is 0. The van der Waals surface area contributed by atoms with Gasteiger partial charge in [-0.15, -0.1) is 0 Å². The average Bonchev–Trinajstić information content (AvgIpc) is 2.63. The first kappa shape index (κ1) is 13.9. The molecule has 2 aromatic rings. The quantitative estimate of drug-likeness (QED) is 0.892. The molecule has 0 unspecified atom stereocenters. The van der Waals surface area contributed by atoms with Crippen LogP contribution in [0.4, 0.5) is 0 Å². The van der Waals surface area contributed by atoms with Crippen LogP contribution in [0.25, 0.3) is 10.9 Å². The molecule has 1 aromatic carbocycles. The highest BCUT2D eigenvalue weighted by molar-refractivity contribution is 5.87.